The van der Waals surface area contributed by atoms with Crippen LogP contribution in [0.15, 0.2) is 12.7 Å². The molecule has 0 bridgehead atoms. The molecule has 0 aromatic heterocycles. The standard InChI is InChI=1S/C5H11NO/c1-3-4-5(2,6)7/h3,7H,1,4,6H2,2H3. The predicted molar refractivity (Wildman–Crippen MR) is 29.6 cm³/mol. The van der Waals surface area contributed by atoms with Gasteiger partial charge in [0.1, 0.15) is 5.72 Å². The van der Waals surface area contributed by atoms with Crippen molar-refractivity contribution in [1.82, 2.24) is 0 Å². The molecular weight excluding hydrogens is 90.1 g/mol. The molecule has 0 fully saturated rings. The van der Waals surface area contributed by atoms with Crippen LogP contribution in [-0.2, 0) is 0 Å². The molecule has 0 aromatic rings. The van der Waals surface area contributed by atoms with Crippen LogP contribution >= 0.6 is 0 Å². The van der Waals surface area contributed by atoms with E-state index in [0.29, 0.717) is 6.42 Å². The average Bonchev–Trinajstić information content (AvgIpc) is 1.30. The first-order valence-corrected chi connectivity index (χ1v) is 2.18. The molecule has 0 spiro atoms. The molecule has 7 heavy (non-hydrogen) atoms. The van der Waals surface area contributed by atoms with E-state index in [1.165, 1.54) is 6.92 Å². The van der Waals surface area contributed by atoms with Gasteiger partial charge in [0, 0.05) is 6.42 Å². The summed E-state index contributed by atoms with van der Waals surface area (Å²) in [6, 6.07) is 0. The van der Waals surface area contributed by atoms with Gasteiger partial charge >= 0.3 is 0 Å². The molecule has 1 atom stereocenters. The van der Waals surface area contributed by atoms with Crippen LogP contribution in [0.4, 0.5) is 0 Å². The third-order valence-corrected chi connectivity index (χ3v) is 0.558. The first-order chi connectivity index (χ1) is 3.06. The van der Waals surface area contributed by atoms with E-state index in [1.54, 1.807) is 6.08 Å². The van der Waals surface area contributed by atoms with Crippen LogP contribution in [0.2, 0.25) is 0 Å². The van der Waals surface area contributed by atoms with Gasteiger partial charge in [-0.15, -0.1) is 6.58 Å². The summed E-state index contributed by atoms with van der Waals surface area (Å²) in [4.78, 5) is 0. The highest BCUT2D eigenvalue weighted by Gasteiger charge is 2.07. The zero-order valence-corrected chi connectivity index (χ0v) is 4.52. The third kappa shape index (κ3) is 5.66. The number of rotatable bonds is 2. The molecule has 3 N–H and O–H groups in total. The van der Waals surface area contributed by atoms with Crippen LogP contribution < -0.4 is 5.73 Å². The molecule has 0 radical (unpaired) electrons. The smallest absolute Gasteiger partial charge is 0.114 e. The Kier molecular flexibility index (Phi) is 1.99. The van der Waals surface area contributed by atoms with Crippen LogP contribution in [-0.4, -0.2) is 10.8 Å². The quantitative estimate of drug-likeness (QED) is 0.386. The van der Waals surface area contributed by atoms with Gasteiger partial charge in [0.05, 0.1) is 0 Å². The SMILES string of the molecule is C=CCC(C)(N)O. The lowest BCUT2D eigenvalue weighted by Crippen LogP contribution is -2.34. The summed E-state index contributed by atoms with van der Waals surface area (Å²) in [5.41, 5.74) is 4.06. The van der Waals surface area contributed by atoms with Crippen molar-refractivity contribution in [2.24, 2.45) is 5.73 Å². The monoisotopic (exact) mass is 101 g/mol. The Labute approximate surface area is 43.6 Å². The van der Waals surface area contributed by atoms with Crippen molar-refractivity contribution in [2.45, 2.75) is 19.1 Å². The molecule has 0 heterocycles. The van der Waals surface area contributed by atoms with Crippen LogP contribution in [0.25, 0.3) is 0 Å². The molecule has 1 unspecified atom stereocenters. The van der Waals surface area contributed by atoms with E-state index in [9.17, 15) is 0 Å². The zero-order chi connectivity index (χ0) is 5.91. The van der Waals surface area contributed by atoms with E-state index in [0.717, 1.165) is 0 Å². The highest BCUT2D eigenvalue weighted by atomic mass is 16.3. The zero-order valence-electron chi connectivity index (χ0n) is 4.52. The molecule has 42 valence electrons. The minimum absolute atomic E-state index is 0.438. The van der Waals surface area contributed by atoms with Gasteiger partial charge in [0.2, 0.25) is 0 Å². The van der Waals surface area contributed by atoms with E-state index in [1.807, 2.05) is 0 Å². The van der Waals surface area contributed by atoms with E-state index in [2.05, 4.69) is 6.58 Å². The molecule has 2 heteroatoms. The Morgan fingerprint density at radius 3 is 2.43 bits per heavy atom. The van der Waals surface area contributed by atoms with Gasteiger partial charge in [-0.2, -0.15) is 0 Å². The minimum atomic E-state index is -1.07. The first kappa shape index (κ1) is 6.66. The van der Waals surface area contributed by atoms with Crippen molar-refractivity contribution in [1.29, 1.82) is 0 Å². The van der Waals surface area contributed by atoms with Crippen LogP contribution in [0, 0.1) is 0 Å². The fourth-order valence-electron chi connectivity index (χ4n) is 0.292. The molecule has 0 amide bonds. The van der Waals surface area contributed by atoms with Crippen molar-refractivity contribution in [3.63, 3.8) is 0 Å². The average molecular weight is 101 g/mol. The van der Waals surface area contributed by atoms with Gasteiger partial charge < -0.3 is 10.8 Å². The Bertz CT molecular complexity index is 63.0. The lowest BCUT2D eigenvalue weighted by molar-refractivity contribution is 0.0706. The lowest BCUT2D eigenvalue weighted by atomic mass is 10.2. The summed E-state index contributed by atoms with van der Waals surface area (Å²) in [6.45, 7) is 4.94. The molecular formula is C5H11NO. The van der Waals surface area contributed by atoms with Gasteiger partial charge in [-0.3, -0.25) is 0 Å². The number of hydrogen-bond donors (Lipinski definition) is 2. The second-order valence-electron chi connectivity index (χ2n) is 1.85. The highest BCUT2D eigenvalue weighted by molar-refractivity contribution is 4.76. The van der Waals surface area contributed by atoms with E-state index in [4.69, 9.17) is 10.8 Å². The maximum absolute atomic E-state index is 8.72. The van der Waals surface area contributed by atoms with Gasteiger partial charge in [0.25, 0.3) is 0 Å². The van der Waals surface area contributed by atoms with Crippen LogP contribution in [0.3, 0.4) is 0 Å². The molecule has 0 saturated carbocycles. The Morgan fingerprint density at radius 2 is 2.43 bits per heavy atom. The molecule has 2 nitrogen and oxygen atoms in total. The molecule has 0 aromatic carbocycles. The number of aliphatic hydroxyl groups is 1. The summed E-state index contributed by atoms with van der Waals surface area (Å²) in [7, 11) is 0. The van der Waals surface area contributed by atoms with Gasteiger partial charge in [-0.25, -0.2) is 0 Å². The van der Waals surface area contributed by atoms with Crippen molar-refractivity contribution >= 4 is 0 Å². The fourth-order valence-corrected chi connectivity index (χ4v) is 0.292. The largest absolute Gasteiger partial charge is 0.376 e. The van der Waals surface area contributed by atoms with Crippen LogP contribution in [0.5, 0.6) is 0 Å². The molecule has 0 aliphatic heterocycles. The topological polar surface area (TPSA) is 46.2 Å². The maximum atomic E-state index is 8.72. The van der Waals surface area contributed by atoms with Gasteiger partial charge in [-0.1, -0.05) is 6.08 Å². The third-order valence-electron chi connectivity index (χ3n) is 0.558. The molecule has 0 aliphatic carbocycles. The molecule has 0 rings (SSSR count). The van der Waals surface area contributed by atoms with Crippen molar-refractivity contribution < 1.29 is 5.11 Å². The fraction of sp³-hybridized carbons (Fsp3) is 0.600. The summed E-state index contributed by atoms with van der Waals surface area (Å²) in [5.74, 6) is 0. The molecule has 0 saturated heterocycles. The Hall–Kier alpha value is -0.340. The van der Waals surface area contributed by atoms with Crippen molar-refractivity contribution in [3.8, 4) is 0 Å². The van der Waals surface area contributed by atoms with E-state index < -0.39 is 5.72 Å². The first-order valence-electron chi connectivity index (χ1n) is 2.18. The summed E-state index contributed by atoms with van der Waals surface area (Å²) in [5, 5.41) is 8.72. The Balaban J connectivity index is 3.34. The number of hydrogen-bond acceptors (Lipinski definition) is 2. The summed E-state index contributed by atoms with van der Waals surface area (Å²) >= 11 is 0. The second-order valence-corrected chi connectivity index (χ2v) is 1.85. The van der Waals surface area contributed by atoms with E-state index in [-0.39, 0.29) is 0 Å². The number of nitrogens with two attached hydrogens (primary N) is 1. The maximum Gasteiger partial charge on any atom is 0.114 e. The van der Waals surface area contributed by atoms with E-state index >= 15 is 0 Å². The van der Waals surface area contributed by atoms with Crippen LogP contribution in [0.1, 0.15) is 13.3 Å². The highest BCUT2D eigenvalue weighted by Crippen LogP contribution is 1.97. The van der Waals surface area contributed by atoms with Gasteiger partial charge in [-0.05, 0) is 6.92 Å². The van der Waals surface area contributed by atoms with Crippen molar-refractivity contribution in [3.05, 3.63) is 12.7 Å². The molecule has 0 aliphatic rings. The summed E-state index contributed by atoms with van der Waals surface area (Å²) < 4.78 is 0. The van der Waals surface area contributed by atoms with Gasteiger partial charge in [0.15, 0.2) is 0 Å². The lowest BCUT2D eigenvalue weighted by Gasteiger charge is -2.12. The predicted octanol–water partition coefficient (Wildman–Crippen LogP) is 0.230. The van der Waals surface area contributed by atoms with Crippen molar-refractivity contribution in [2.75, 3.05) is 0 Å². The Morgan fingerprint density at radius 1 is 2.00 bits per heavy atom. The summed E-state index contributed by atoms with van der Waals surface area (Å²) in [6.07, 6.45) is 2.02. The second kappa shape index (κ2) is 2.09. The minimum Gasteiger partial charge on any atom is -0.376 e. The normalized spacial score (nSPS) is 18.1.